The van der Waals surface area contributed by atoms with Gasteiger partial charge in [-0.25, -0.2) is 0 Å². The molecule has 0 unspecified atom stereocenters. The second kappa shape index (κ2) is 6.96. The highest BCUT2D eigenvalue weighted by Crippen LogP contribution is 2.21. The monoisotopic (exact) mass is 371 g/mol. The van der Waals surface area contributed by atoms with Crippen molar-refractivity contribution in [3.05, 3.63) is 53.1 Å². The van der Waals surface area contributed by atoms with Crippen LogP contribution in [0.1, 0.15) is 13.3 Å². The second-order valence-electron chi connectivity index (χ2n) is 6.88. The number of pyridine rings is 1. The van der Waals surface area contributed by atoms with Crippen LogP contribution in [-0.2, 0) is 11.8 Å². The minimum Gasteiger partial charge on any atom is -0.349 e. The first-order valence-electron chi connectivity index (χ1n) is 8.34. The molecule has 0 aliphatic carbocycles. The Bertz CT molecular complexity index is 916. The highest BCUT2D eigenvalue weighted by molar-refractivity contribution is 6.30. The number of hydrogen-bond acceptors (Lipinski definition) is 3. The van der Waals surface area contributed by atoms with E-state index in [1.807, 2.05) is 61.1 Å². The van der Waals surface area contributed by atoms with E-state index >= 15 is 0 Å². The van der Waals surface area contributed by atoms with Crippen LogP contribution in [0.3, 0.4) is 0 Å². The van der Waals surface area contributed by atoms with Crippen molar-refractivity contribution in [3.63, 3.8) is 0 Å². The smallest absolute Gasteiger partial charge is 0.231 e. The number of amides is 1. The standard InChI is InChI=1S/C19H22ClN5O/c1-19(10-17(26)25(3)18(21)23-19)12-22-16-8-7-14(11-24(16)2)13-5-4-6-15(20)9-13/h4-9,11H,10,12H2,1-3H3,(H2,21,23)/b22-16-/t19-/m0/s1. The third-order valence-corrected chi connectivity index (χ3v) is 4.76. The number of aromatic nitrogens is 1. The van der Waals surface area contributed by atoms with Crippen LogP contribution >= 0.6 is 11.6 Å². The topological polar surface area (TPSA) is 73.5 Å². The zero-order chi connectivity index (χ0) is 18.9. The first-order chi connectivity index (χ1) is 12.3. The summed E-state index contributed by atoms with van der Waals surface area (Å²) in [5.41, 5.74) is 2.34. The lowest BCUT2D eigenvalue weighted by Crippen LogP contribution is -2.61. The molecular weight excluding hydrogens is 350 g/mol. The van der Waals surface area contributed by atoms with E-state index < -0.39 is 5.54 Å². The van der Waals surface area contributed by atoms with Crippen LogP contribution in [0.25, 0.3) is 11.1 Å². The molecule has 6 nitrogen and oxygen atoms in total. The molecule has 1 atom stereocenters. The Morgan fingerprint density at radius 3 is 2.69 bits per heavy atom. The van der Waals surface area contributed by atoms with Crippen molar-refractivity contribution in [1.82, 2.24) is 14.8 Å². The number of benzene rings is 1. The molecule has 3 rings (SSSR count). The molecule has 1 aliphatic heterocycles. The van der Waals surface area contributed by atoms with Gasteiger partial charge in [0, 0.05) is 25.3 Å². The molecule has 1 aromatic carbocycles. The maximum atomic E-state index is 12.0. The van der Waals surface area contributed by atoms with Gasteiger partial charge in [0.05, 0.1) is 18.5 Å². The van der Waals surface area contributed by atoms with Crippen LogP contribution < -0.4 is 10.8 Å². The molecule has 26 heavy (non-hydrogen) atoms. The summed E-state index contributed by atoms with van der Waals surface area (Å²) >= 11 is 6.07. The van der Waals surface area contributed by atoms with Crippen LogP contribution in [0.15, 0.2) is 47.6 Å². The van der Waals surface area contributed by atoms with E-state index in [1.54, 1.807) is 7.05 Å². The van der Waals surface area contributed by atoms with Gasteiger partial charge in [0.25, 0.3) is 0 Å². The van der Waals surface area contributed by atoms with Crippen LogP contribution in [-0.4, -0.2) is 40.5 Å². The maximum absolute atomic E-state index is 12.0. The van der Waals surface area contributed by atoms with E-state index in [9.17, 15) is 4.79 Å². The summed E-state index contributed by atoms with van der Waals surface area (Å²) in [4.78, 5) is 18.0. The average molecular weight is 372 g/mol. The molecule has 0 radical (unpaired) electrons. The Hall–Kier alpha value is -2.60. The molecule has 2 aromatic rings. The highest BCUT2D eigenvalue weighted by Gasteiger charge is 2.36. The van der Waals surface area contributed by atoms with Crippen molar-refractivity contribution in [2.24, 2.45) is 12.0 Å². The van der Waals surface area contributed by atoms with Crippen LogP contribution in [0.2, 0.25) is 5.02 Å². The molecule has 7 heteroatoms. The first-order valence-corrected chi connectivity index (χ1v) is 8.72. The Labute approximate surface area is 157 Å². The zero-order valence-electron chi connectivity index (χ0n) is 15.1. The number of nitrogens with zero attached hydrogens (tertiary/aromatic N) is 3. The number of nitrogens with one attached hydrogen (secondary N) is 2. The highest BCUT2D eigenvalue weighted by atomic mass is 35.5. The van der Waals surface area contributed by atoms with Crippen molar-refractivity contribution < 1.29 is 4.79 Å². The number of carbonyl (C=O) groups is 1. The zero-order valence-corrected chi connectivity index (χ0v) is 15.8. The van der Waals surface area contributed by atoms with Gasteiger partial charge in [-0.3, -0.25) is 20.1 Å². The summed E-state index contributed by atoms with van der Waals surface area (Å²) in [6.45, 7) is 2.32. The largest absolute Gasteiger partial charge is 0.349 e. The minimum absolute atomic E-state index is 0.0767. The first kappa shape index (κ1) is 18.2. The number of halogens is 1. The number of guanidine groups is 1. The van der Waals surface area contributed by atoms with Crippen molar-refractivity contribution in [1.29, 1.82) is 5.41 Å². The minimum atomic E-state index is -0.556. The Morgan fingerprint density at radius 2 is 2.04 bits per heavy atom. The maximum Gasteiger partial charge on any atom is 0.231 e. The SMILES string of the molecule is CN1C(=N)N[C@](C)(C/N=c2/ccc(-c3cccc(Cl)c3)cn2C)CC1=O. The van der Waals surface area contributed by atoms with Gasteiger partial charge in [-0.1, -0.05) is 23.7 Å². The number of carbonyl (C=O) groups excluding carboxylic acids is 1. The van der Waals surface area contributed by atoms with E-state index in [0.717, 1.165) is 16.6 Å². The molecule has 0 spiro atoms. The van der Waals surface area contributed by atoms with Gasteiger partial charge in [0.2, 0.25) is 5.91 Å². The van der Waals surface area contributed by atoms with E-state index in [1.165, 1.54) is 4.90 Å². The van der Waals surface area contributed by atoms with Crippen molar-refractivity contribution in [2.45, 2.75) is 18.9 Å². The summed E-state index contributed by atoms with van der Waals surface area (Å²) in [7, 11) is 3.54. The van der Waals surface area contributed by atoms with Gasteiger partial charge in [-0.15, -0.1) is 0 Å². The van der Waals surface area contributed by atoms with Crippen LogP contribution in [0.4, 0.5) is 0 Å². The molecule has 1 amide bonds. The van der Waals surface area contributed by atoms with E-state index in [-0.39, 0.29) is 11.9 Å². The normalized spacial score (nSPS) is 21.1. The Balaban J connectivity index is 1.84. The lowest BCUT2D eigenvalue weighted by atomic mass is 9.95. The third-order valence-electron chi connectivity index (χ3n) is 4.53. The molecule has 0 saturated carbocycles. The van der Waals surface area contributed by atoms with Crippen LogP contribution in [0, 0.1) is 5.41 Å². The predicted octanol–water partition coefficient (Wildman–Crippen LogP) is 2.39. The lowest BCUT2D eigenvalue weighted by Gasteiger charge is -2.38. The van der Waals surface area contributed by atoms with E-state index in [0.29, 0.717) is 18.0 Å². The van der Waals surface area contributed by atoms with Gasteiger partial charge in [-0.05, 0) is 42.3 Å². The van der Waals surface area contributed by atoms with Crippen LogP contribution in [0.5, 0.6) is 0 Å². The number of rotatable bonds is 3. The number of hydrogen-bond donors (Lipinski definition) is 2. The summed E-state index contributed by atoms with van der Waals surface area (Å²) in [6.07, 6.45) is 2.31. The quantitative estimate of drug-likeness (QED) is 0.869. The molecule has 1 fully saturated rings. The summed E-state index contributed by atoms with van der Waals surface area (Å²) in [5, 5.41) is 11.7. The summed E-state index contributed by atoms with van der Waals surface area (Å²) < 4.78 is 1.95. The van der Waals surface area contributed by atoms with Gasteiger partial charge < -0.3 is 9.88 Å². The van der Waals surface area contributed by atoms with Crippen molar-refractivity contribution in [3.8, 4) is 11.1 Å². The lowest BCUT2D eigenvalue weighted by molar-refractivity contribution is -0.129. The van der Waals surface area contributed by atoms with Crippen molar-refractivity contribution >= 4 is 23.5 Å². The molecule has 1 aromatic heterocycles. The van der Waals surface area contributed by atoms with Crippen molar-refractivity contribution in [2.75, 3.05) is 13.6 Å². The molecule has 2 N–H and O–H groups in total. The third kappa shape index (κ3) is 3.80. The summed E-state index contributed by atoms with van der Waals surface area (Å²) in [6, 6.07) is 11.7. The summed E-state index contributed by atoms with van der Waals surface area (Å²) in [5.74, 6) is 0.0340. The van der Waals surface area contributed by atoms with Gasteiger partial charge in [0.1, 0.15) is 5.49 Å². The average Bonchev–Trinajstić information content (AvgIpc) is 2.58. The van der Waals surface area contributed by atoms with E-state index in [4.69, 9.17) is 17.0 Å². The Kier molecular flexibility index (Phi) is 4.87. The van der Waals surface area contributed by atoms with E-state index in [2.05, 4.69) is 10.3 Å². The fraction of sp³-hybridized carbons (Fsp3) is 0.316. The predicted molar refractivity (Wildman–Crippen MR) is 103 cm³/mol. The van der Waals surface area contributed by atoms with Gasteiger partial charge in [-0.2, -0.15) is 0 Å². The Morgan fingerprint density at radius 1 is 1.27 bits per heavy atom. The molecule has 1 saturated heterocycles. The fourth-order valence-corrected chi connectivity index (χ4v) is 3.13. The number of aryl methyl sites for hydroxylation is 1. The van der Waals surface area contributed by atoms with Gasteiger partial charge >= 0.3 is 0 Å². The molecule has 0 bridgehead atoms. The fourth-order valence-electron chi connectivity index (χ4n) is 2.94. The van der Waals surface area contributed by atoms with Gasteiger partial charge in [0.15, 0.2) is 5.96 Å². The second-order valence-corrected chi connectivity index (χ2v) is 7.31. The molecule has 1 aliphatic rings. The molecular formula is C19H22ClN5O. The molecule has 136 valence electrons. The molecule has 2 heterocycles.